The molecule has 0 aromatic carbocycles. The Labute approximate surface area is 136 Å². The van der Waals surface area contributed by atoms with Crippen LogP contribution >= 0.6 is 0 Å². The molecule has 0 radical (unpaired) electrons. The molecular weight excluding hydrogens is 292 g/mol. The summed E-state index contributed by atoms with van der Waals surface area (Å²) in [7, 11) is 3.72. The molecule has 6 nitrogen and oxygen atoms in total. The number of allylic oxidation sites excluding steroid dienone is 3. The number of rotatable bonds is 7. The first-order valence-electron chi connectivity index (χ1n) is 7.46. The molecule has 1 saturated carbocycles. The number of aromatic nitrogens is 2. The summed E-state index contributed by atoms with van der Waals surface area (Å²) in [6.45, 7) is 2.37. The average Bonchev–Trinajstić information content (AvgIpc) is 3.34. The predicted molar refractivity (Wildman–Crippen MR) is 86.4 cm³/mol. The van der Waals surface area contributed by atoms with Gasteiger partial charge in [0.2, 0.25) is 5.88 Å². The molecular formula is C17H20N4O2. The number of carbonyl (C=O) groups excluding carboxylic acids is 1. The van der Waals surface area contributed by atoms with Gasteiger partial charge in [-0.05, 0) is 38.0 Å². The summed E-state index contributed by atoms with van der Waals surface area (Å²) in [5, 5.41) is 9.23. The number of aryl methyl sites for hydroxylation is 1. The summed E-state index contributed by atoms with van der Waals surface area (Å²) in [5.41, 5.74) is 1.03. The molecule has 6 heteroatoms. The Morgan fingerprint density at radius 1 is 1.52 bits per heavy atom. The molecule has 1 aromatic rings. The monoisotopic (exact) mass is 312 g/mol. The van der Waals surface area contributed by atoms with Gasteiger partial charge in [-0.2, -0.15) is 10.2 Å². The van der Waals surface area contributed by atoms with Crippen LogP contribution in [-0.2, 0) is 4.79 Å². The van der Waals surface area contributed by atoms with Gasteiger partial charge in [-0.15, -0.1) is 0 Å². The van der Waals surface area contributed by atoms with Gasteiger partial charge in [-0.25, -0.2) is 4.98 Å². The van der Waals surface area contributed by atoms with E-state index in [1.54, 1.807) is 25.4 Å². The van der Waals surface area contributed by atoms with Crippen molar-refractivity contribution in [3.8, 4) is 11.9 Å². The van der Waals surface area contributed by atoms with E-state index in [0.29, 0.717) is 41.7 Å². The van der Waals surface area contributed by atoms with Crippen molar-refractivity contribution in [2.24, 2.45) is 5.92 Å². The van der Waals surface area contributed by atoms with Crippen molar-refractivity contribution in [2.45, 2.75) is 19.8 Å². The minimum absolute atomic E-state index is 0.0202. The summed E-state index contributed by atoms with van der Waals surface area (Å²) >= 11 is 0. The fraction of sp³-hybridized carbons (Fsp3) is 0.412. The van der Waals surface area contributed by atoms with Crippen LogP contribution in [0.2, 0.25) is 0 Å². The Kier molecular flexibility index (Phi) is 5.47. The van der Waals surface area contributed by atoms with Crippen molar-refractivity contribution in [3.63, 3.8) is 0 Å². The fourth-order valence-electron chi connectivity index (χ4n) is 1.92. The van der Waals surface area contributed by atoms with Crippen LogP contribution in [0.1, 0.15) is 24.2 Å². The number of hydrogen-bond donors (Lipinski definition) is 0. The SMILES string of the molecule is Cc1ncc(C(/C=C\N(C)C)=C(\C#N)C=O)c(OCC2CC2)n1. The maximum absolute atomic E-state index is 11.2. The van der Waals surface area contributed by atoms with Crippen LogP contribution in [0.4, 0.5) is 0 Å². The van der Waals surface area contributed by atoms with E-state index < -0.39 is 0 Å². The van der Waals surface area contributed by atoms with Crippen molar-refractivity contribution < 1.29 is 9.53 Å². The minimum atomic E-state index is 0.0202. The molecule has 1 aromatic heterocycles. The van der Waals surface area contributed by atoms with Crippen LogP contribution in [0, 0.1) is 24.2 Å². The van der Waals surface area contributed by atoms with Crippen LogP contribution in [0.5, 0.6) is 5.88 Å². The second-order valence-corrected chi connectivity index (χ2v) is 5.73. The Balaban J connectivity index is 2.46. The van der Waals surface area contributed by atoms with Crippen LogP contribution < -0.4 is 4.74 Å². The molecule has 2 rings (SSSR count). The lowest BCUT2D eigenvalue weighted by Crippen LogP contribution is -2.07. The molecule has 0 N–H and O–H groups in total. The first-order chi connectivity index (χ1) is 11.0. The van der Waals surface area contributed by atoms with Gasteiger partial charge < -0.3 is 9.64 Å². The zero-order valence-electron chi connectivity index (χ0n) is 13.6. The van der Waals surface area contributed by atoms with E-state index in [-0.39, 0.29) is 5.57 Å². The molecule has 0 amide bonds. The van der Waals surface area contributed by atoms with Gasteiger partial charge in [-0.1, -0.05) is 0 Å². The van der Waals surface area contributed by atoms with E-state index >= 15 is 0 Å². The van der Waals surface area contributed by atoms with E-state index in [1.165, 1.54) is 12.8 Å². The van der Waals surface area contributed by atoms with E-state index in [2.05, 4.69) is 9.97 Å². The van der Waals surface area contributed by atoms with Crippen LogP contribution in [-0.4, -0.2) is 41.9 Å². The number of nitrogens with zero attached hydrogens (tertiary/aromatic N) is 4. The number of nitriles is 1. The van der Waals surface area contributed by atoms with Gasteiger partial charge >= 0.3 is 0 Å². The summed E-state index contributed by atoms with van der Waals surface area (Å²) in [4.78, 5) is 21.6. The van der Waals surface area contributed by atoms with Crippen LogP contribution in [0.3, 0.4) is 0 Å². The molecule has 1 heterocycles. The Bertz CT molecular complexity index is 682. The number of carbonyl (C=O) groups is 1. The molecule has 0 bridgehead atoms. The molecule has 1 fully saturated rings. The fourth-order valence-corrected chi connectivity index (χ4v) is 1.92. The molecule has 0 atom stereocenters. The highest BCUT2D eigenvalue weighted by molar-refractivity contribution is 5.96. The molecule has 0 saturated heterocycles. The molecule has 120 valence electrons. The molecule has 0 unspecified atom stereocenters. The standard InChI is InChI=1S/C17H20N4O2/c1-12-19-9-16(17(20-12)23-11-13-4-5-13)15(6-7-21(2)3)14(8-18)10-22/h6-7,9-10,13H,4-5,11H2,1-3H3/b7-6-,15-14+. The van der Waals surface area contributed by atoms with E-state index in [0.717, 1.165) is 0 Å². The third-order valence-electron chi connectivity index (χ3n) is 3.38. The molecule has 1 aliphatic carbocycles. The van der Waals surface area contributed by atoms with Crippen LogP contribution in [0.15, 0.2) is 24.0 Å². The molecule has 0 aliphatic heterocycles. The maximum atomic E-state index is 11.2. The van der Waals surface area contributed by atoms with Crippen molar-refractivity contribution in [3.05, 3.63) is 35.4 Å². The Morgan fingerprint density at radius 2 is 2.26 bits per heavy atom. The lowest BCUT2D eigenvalue weighted by molar-refractivity contribution is -0.104. The van der Waals surface area contributed by atoms with E-state index in [9.17, 15) is 10.1 Å². The van der Waals surface area contributed by atoms with Gasteiger partial charge in [0.15, 0.2) is 6.29 Å². The second kappa shape index (κ2) is 7.54. The molecule has 1 aliphatic rings. The van der Waals surface area contributed by atoms with Crippen LogP contribution in [0.25, 0.3) is 5.57 Å². The second-order valence-electron chi connectivity index (χ2n) is 5.73. The van der Waals surface area contributed by atoms with Crippen molar-refractivity contribution in [1.82, 2.24) is 14.9 Å². The maximum Gasteiger partial charge on any atom is 0.224 e. The first kappa shape index (κ1) is 16.7. The van der Waals surface area contributed by atoms with Gasteiger partial charge in [0, 0.05) is 25.9 Å². The molecule has 23 heavy (non-hydrogen) atoms. The van der Waals surface area contributed by atoms with E-state index in [1.807, 2.05) is 25.1 Å². The van der Waals surface area contributed by atoms with Gasteiger partial charge in [0.25, 0.3) is 0 Å². The lowest BCUT2D eigenvalue weighted by Gasteiger charge is -2.12. The number of ether oxygens (including phenoxy) is 1. The quantitative estimate of drug-likeness (QED) is 0.332. The predicted octanol–water partition coefficient (Wildman–Crippen LogP) is 2.13. The smallest absolute Gasteiger partial charge is 0.224 e. The largest absolute Gasteiger partial charge is 0.477 e. The number of aldehydes is 1. The van der Waals surface area contributed by atoms with Gasteiger partial charge in [-0.3, -0.25) is 4.79 Å². The minimum Gasteiger partial charge on any atom is -0.477 e. The Morgan fingerprint density at radius 3 is 2.83 bits per heavy atom. The highest BCUT2D eigenvalue weighted by Gasteiger charge is 2.23. The van der Waals surface area contributed by atoms with E-state index in [4.69, 9.17) is 4.74 Å². The summed E-state index contributed by atoms with van der Waals surface area (Å²) in [5.74, 6) is 1.57. The zero-order chi connectivity index (χ0) is 16.8. The highest BCUT2D eigenvalue weighted by Crippen LogP contribution is 2.32. The third-order valence-corrected chi connectivity index (χ3v) is 3.38. The zero-order valence-corrected chi connectivity index (χ0v) is 13.6. The summed E-state index contributed by atoms with van der Waals surface area (Å²) in [6, 6.07) is 1.92. The Hall–Kier alpha value is -2.68. The molecule has 0 spiro atoms. The lowest BCUT2D eigenvalue weighted by atomic mass is 10.0. The topological polar surface area (TPSA) is 79.1 Å². The third kappa shape index (κ3) is 4.65. The van der Waals surface area contributed by atoms with Crippen molar-refractivity contribution in [1.29, 1.82) is 5.26 Å². The highest BCUT2D eigenvalue weighted by atomic mass is 16.5. The van der Waals surface area contributed by atoms with Crippen molar-refractivity contribution >= 4 is 11.9 Å². The van der Waals surface area contributed by atoms with Crippen molar-refractivity contribution in [2.75, 3.05) is 20.7 Å². The summed E-state index contributed by atoms with van der Waals surface area (Å²) in [6.07, 6.45) is 7.94. The average molecular weight is 312 g/mol. The number of hydrogen-bond acceptors (Lipinski definition) is 6. The van der Waals surface area contributed by atoms with Gasteiger partial charge in [0.05, 0.1) is 17.7 Å². The summed E-state index contributed by atoms with van der Waals surface area (Å²) < 4.78 is 5.81. The van der Waals surface area contributed by atoms with Gasteiger partial charge in [0.1, 0.15) is 11.9 Å². The normalized spacial score (nSPS) is 15.0. The first-order valence-corrected chi connectivity index (χ1v) is 7.46.